The van der Waals surface area contributed by atoms with E-state index in [0.717, 1.165) is 12.1 Å². The summed E-state index contributed by atoms with van der Waals surface area (Å²) in [7, 11) is 1.53. The van der Waals surface area contributed by atoms with Gasteiger partial charge < -0.3 is 14.8 Å². The summed E-state index contributed by atoms with van der Waals surface area (Å²) in [5.74, 6) is 0.738. The first-order valence-electron chi connectivity index (χ1n) is 7.83. The maximum Gasteiger partial charge on any atom is 0.416 e. The molecule has 136 valence electrons. The molecule has 0 spiro atoms. The van der Waals surface area contributed by atoms with E-state index in [4.69, 9.17) is 9.47 Å². The fourth-order valence-corrected chi connectivity index (χ4v) is 2.63. The molecular formula is C19H16F3NO3. The van der Waals surface area contributed by atoms with Crippen LogP contribution in [0.4, 0.5) is 13.2 Å². The number of alkyl halides is 3. The van der Waals surface area contributed by atoms with Gasteiger partial charge in [-0.3, -0.25) is 4.79 Å². The van der Waals surface area contributed by atoms with E-state index in [2.05, 4.69) is 5.32 Å². The number of ether oxygens (including phenoxy) is 2. The molecule has 7 heteroatoms. The summed E-state index contributed by atoms with van der Waals surface area (Å²) in [5, 5.41) is 2.62. The van der Waals surface area contributed by atoms with Gasteiger partial charge in [0, 0.05) is 12.1 Å². The first-order valence-corrected chi connectivity index (χ1v) is 7.83. The van der Waals surface area contributed by atoms with Crippen molar-refractivity contribution < 1.29 is 27.4 Å². The molecular weight excluding hydrogens is 347 g/mol. The smallest absolute Gasteiger partial charge is 0.416 e. The maximum atomic E-state index is 12.7. The number of methoxy groups -OCH3 is 1. The third kappa shape index (κ3) is 3.82. The lowest BCUT2D eigenvalue weighted by Crippen LogP contribution is -2.28. The van der Waals surface area contributed by atoms with Crippen molar-refractivity contribution in [2.24, 2.45) is 0 Å². The van der Waals surface area contributed by atoms with Gasteiger partial charge in [0.25, 0.3) is 5.91 Å². The molecule has 0 fully saturated rings. The highest BCUT2D eigenvalue weighted by molar-refractivity contribution is 5.99. The van der Waals surface area contributed by atoms with E-state index >= 15 is 0 Å². The van der Waals surface area contributed by atoms with Gasteiger partial charge in [0.1, 0.15) is 6.61 Å². The highest BCUT2D eigenvalue weighted by Gasteiger charge is 2.30. The van der Waals surface area contributed by atoms with Gasteiger partial charge in [-0.25, -0.2) is 0 Å². The molecule has 1 aliphatic heterocycles. The Morgan fingerprint density at radius 1 is 1.23 bits per heavy atom. The van der Waals surface area contributed by atoms with Crippen molar-refractivity contribution in [3.8, 4) is 11.5 Å². The van der Waals surface area contributed by atoms with Gasteiger partial charge in [-0.15, -0.1) is 0 Å². The van der Waals surface area contributed by atoms with Gasteiger partial charge in [-0.2, -0.15) is 13.2 Å². The van der Waals surface area contributed by atoms with Gasteiger partial charge in [0.15, 0.2) is 11.5 Å². The zero-order chi connectivity index (χ0) is 18.7. The van der Waals surface area contributed by atoms with E-state index in [-0.39, 0.29) is 13.2 Å². The van der Waals surface area contributed by atoms with Crippen molar-refractivity contribution in [2.75, 3.05) is 13.7 Å². The van der Waals surface area contributed by atoms with Gasteiger partial charge in [0.2, 0.25) is 0 Å². The summed E-state index contributed by atoms with van der Waals surface area (Å²) in [6.45, 7) is 0.0485. The second-order valence-corrected chi connectivity index (χ2v) is 5.72. The number of hydrogen-bond acceptors (Lipinski definition) is 3. The van der Waals surface area contributed by atoms with Crippen LogP contribution in [0, 0.1) is 0 Å². The number of carbonyl (C=O) groups is 1. The van der Waals surface area contributed by atoms with Crippen LogP contribution in [0.1, 0.15) is 16.7 Å². The molecule has 1 N–H and O–H groups in total. The molecule has 0 unspecified atom stereocenters. The lowest BCUT2D eigenvalue weighted by Gasteiger charge is -2.19. The molecule has 0 bridgehead atoms. The van der Waals surface area contributed by atoms with Gasteiger partial charge in [-0.1, -0.05) is 24.3 Å². The first-order chi connectivity index (χ1) is 12.4. The maximum absolute atomic E-state index is 12.7. The van der Waals surface area contributed by atoms with E-state index in [9.17, 15) is 18.0 Å². The van der Waals surface area contributed by atoms with Crippen LogP contribution in [-0.4, -0.2) is 19.6 Å². The topological polar surface area (TPSA) is 47.6 Å². The predicted octanol–water partition coefficient (Wildman–Crippen LogP) is 3.81. The normalized spacial score (nSPS) is 13.3. The predicted molar refractivity (Wildman–Crippen MR) is 89.8 cm³/mol. The molecule has 0 saturated carbocycles. The van der Waals surface area contributed by atoms with Crippen LogP contribution < -0.4 is 14.8 Å². The molecule has 2 aromatic rings. The molecule has 1 amide bonds. The lowest BCUT2D eigenvalue weighted by molar-refractivity contribution is -0.137. The largest absolute Gasteiger partial charge is 0.493 e. The second-order valence-electron chi connectivity index (χ2n) is 5.72. The Labute approximate surface area is 148 Å². The molecule has 0 aliphatic carbocycles. The number of fused-ring (bicyclic) bond motifs is 1. The summed E-state index contributed by atoms with van der Waals surface area (Å²) in [6, 6.07) is 10.2. The molecule has 4 nitrogen and oxygen atoms in total. The molecule has 0 aromatic heterocycles. The fraction of sp³-hybridized carbons (Fsp3) is 0.211. The summed E-state index contributed by atoms with van der Waals surface area (Å²) < 4.78 is 49.0. The zero-order valence-corrected chi connectivity index (χ0v) is 13.9. The Bertz CT molecular complexity index is 859. The minimum atomic E-state index is -4.41. The standard InChI is InChI=1S/C19H16F3NO3/c1-25-16-7-3-5-13-9-14(11-26-17(13)16)18(24)23-10-12-4-2-6-15(8-12)19(20,21)22/h2-9H,10-11H2,1H3,(H,23,24). The van der Waals surface area contributed by atoms with Gasteiger partial charge in [-0.05, 0) is 29.8 Å². The quantitative estimate of drug-likeness (QED) is 0.899. The van der Waals surface area contributed by atoms with Crippen molar-refractivity contribution in [2.45, 2.75) is 12.7 Å². The van der Waals surface area contributed by atoms with Crippen molar-refractivity contribution in [3.63, 3.8) is 0 Å². The molecule has 26 heavy (non-hydrogen) atoms. The Balaban J connectivity index is 1.70. The minimum absolute atomic E-state index is 0.00887. The highest BCUT2D eigenvalue weighted by atomic mass is 19.4. The van der Waals surface area contributed by atoms with Crippen LogP contribution in [0.2, 0.25) is 0 Å². The van der Waals surface area contributed by atoms with Crippen LogP contribution >= 0.6 is 0 Å². The van der Waals surface area contributed by atoms with Crippen LogP contribution in [0.5, 0.6) is 11.5 Å². The minimum Gasteiger partial charge on any atom is -0.493 e. The molecule has 0 atom stereocenters. The number of carbonyl (C=O) groups excluding carboxylic acids is 1. The monoisotopic (exact) mass is 363 g/mol. The molecule has 0 radical (unpaired) electrons. The number of benzene rings is 2. The van der Waals surface area contributed by atoms with Crippen molar-refractivity contribution >= 4 is 12.0 Å². The van der Waals surface area contributed by atoms with E-state index in [1.54, 1.807) is 24.3 Å². The Morgan fingerprint density at radius 2 is 2.00 bits per heavy atom. The summed E-state index contributed by atoms with van der Waals surface area (Å²) in [6.07, 6.45) is -2.73. The van der Waals surface area contributed by atoms with Gasteiger partial charge in [0.05, 0.1) is 18.2 Å². The average molecular weight is 363 g/mol. The molecule has 3 rings (SSSR count). The van der Waals surface area contributed by atoms with Gasteiger partial charge >= 0.3 is 6.18 Å². The second kappa shape index (κ2) is 7.11. The summed E-state index contributed by atoms with van der Waals surface area (Å²) in [5.41, 5.74) is 0.718. The number of nitrogens with one attached hydrogen (secondary N) is 1. The summed E-state index contributed by atoms with van der Waals surface area (Å²) >= 11 is 0. The number of para-hydroxylation sites is 1. The molecule has 2 aromatic carbocycles. The van der Waals surface area contributed by atoms with Crippen molar-refractivity contribution in [1.82, 2.24) is 5.32 Å². The summed E-state index contributed by atoms with van der Waals surface area (Å²) in [4.78, 5) is 12.3. The SMILES string of the molecule is COc1cccc2c1OCC(C(=O)NCc1cccc(C(F)(F)F)c1)=C2. The third-order valence-corrected chi connectivity index (χ3v) is 3.93. The van der Waals surface area contributed by atoms with Crippen LogP contribution in [0.3, 0.4) is 0 Å². The first kappa shape index (κ1) is 17.8. The fourth-order valence-electron chi connectivity index (χ4n) is 2.63. The Morgan fingerprint density at radius 3 is 2.73 bits per heavy atom. The van der Waals surface area contributed by atoms with E-state index in [1.807, 2.05) is 0 Å². The molecule has 0 saturated heterocycles. The van der Waals surface area contributed by atoms with E-state index < -0.39 is 17.6 Å². The van der Waals surface area contributed by atoms with Crippen LogP contribution in [0.15, 0.2) is 48.0 Å². The third-order valence-electron chi connectivity index (χ3n) is 3.93. The van der Waals surface area contributed by atoms with Crippen molar-refractivity contribution in [1.29, 1.82) is 0 Å². The number of halogens is 3. The van der Waals surface area contributed by atoms with Crippen LogP contribution in [0.25, 0.3) is 6.08 Å². The lowest BCUT2D eigenvalue weighted by atomic mass is 10.1. The Kier molecular flexibility index (Phi) is 4.88. The Hall–Kier alpha value is -2.96. The number of amides is 1. The molecule has 1 heterocycles. The zero-order valence-electron chi connectivity index (χ0n) is 13.9. The van der Waals surface area contributed by atoms with E-state index in [1.165, 1.54) is 19.2 Å². The number of rotatable bonds is 4. The van der Waals surface area contributed by atoms with Crippen molar-refractivity contribution in [3.05, 3.63) is 64.7 Å². The average Bonchev–Trinajstić information content (AvgIpc) is 2.64. The van der Waals surface area contributed by atoms with Crippen LogP contribution in [-0.2, 0) is 17.5 Å². The number of hydrogen-bond donors (Lipinski definition) is 1. The molecule has 1 aliphatic rings. The van der Waals surface area contributed by atoms with E-state index in [0.29, 0.717) is 28.2 Å². The highest BCUT2D eigenvalue weighted by Crippen LogP contribution is 2.35.